The fraction of sp³-hybridized carbons (Fsp3) is 0.727. The number of fused-ring (bicyclic) bond motifs is 2. The summed E-state index contributed by atoms with van der Waals surface area (Å²) in [6.07, 6.45) is 40.2. The van der Waals surface area contributed by atoms with Gasteiger partial charge in [0.25, 0.3) is 20.2 Å². The van der Waals surface area contributed by atoms with Gasteiger partial charge in [-0.3, -0.25) is 9.11 Å². The zero-order valence-electron chi connectivity index (χ0n) is 33.5. The Morgan fingerprint density at radius 1 is 0.426 bits per heavy atom. The number of aryl methyl sites for hydroxylation is 1. The third kappa shape index (κ3) is 18.9. The third-order valence-corrected chi connectivity index (χ3v) is 15.6. The molecule has 54 heavy (non-hydrogen) atoms. The molecule has 0 aliphatic carbocycles. The first-order valence-corrected chi connectivity index (χ1v) is 26.2. The van der Waals surface area contributed by atoms with Crippen LogP contribution in [0.5, 0.6) is 0 Å². The van der Waals surface area contributed by atoms with Gasteiger partial charge in [-0.25, -0.2) is 0 Å². The molecule has 0 bridgehead atoms. The van der Waals surface area contributed by atoms with Gasteiger partial charge in [0.15, 0.2) is 0 Å². The van der Waals surface area contributed by atoms with E-state index in [9.17, 15) is 25.9 Å². The van der Waals surface area contributed by atoms with Crippen molar-refractivity contribution >= 4 is 43.8 Å². The van der Waals surface area contributed by atoms with E-state index in [0.717, 1.165) is 40.8 Å². The van der Waals surface area contributed by atoms with E-state index in [0.29, 0.717) is 17.7 Å². The normalized spacial score (nSPS) is 12.9. The molecular weight excluding hydrogens is 753 g/mol. The van der Waals surface area contributed by atoms with Crippen LogP contribution in [0.1, 0.15) is 205 Å². The van der Waals surface area contributed by atoms with Gasteiger partial charge in [0.05, 0.1) is 0 Å². The van der Waals surface area contributed by atoms with Crippen molar-refractivity contribution in [3.63, 3.8) is 0 Å². The molecule has 2 N–H and O–H groups in total. The summed E-state index contributed by atoms with van der Waals surface area (Å²) >= 11 is 2.44. The Morgan fingerprint density at radius 3 is 1.07 bits per heavy atom. The van der Waals surface area contributed by atoms with Gasteiger partial charge in [0, 0.05) is 19.6 Å². The summed E-state index contributed by atoms with van der Waals surface area (Å²) in [5.41, 5.74) is 0.233. The van der Waals surface area contributed by atoms with Gasteiger partial charge >= 0.3 is 0 Å². The van der Waals surface area contributed by atoms with Crippen molar-refractivity contribution in [1.82, 2.24) is 0 Å². The molecule has 2 aromatic carbocycles. The van der Waals surface area contributed by atoms with Crippen LogP contribution in [0.25, 0.3) is 0 Å². The first-order chi connectivity index (χ1) is 26.1. The fourth-order valence-corrected chi connectivity index (χ4v) is 12.8. The zero-order valence-corrected chi connectivity index (χ0v) is 36.7. The van der Waals surface area contributed by atoms with Crippen LogP contribution in [-0.4, -0.2) is 25.9 Å². The Bertz CT molecular complexity index is 1540. The van der Waals surface area contributed by atoms with Gasteiger partial charge in [-0.15, -0.1) is 0 Å². The largest absolute Gasteiger partial charge is 0.297 e. The second kappa shape index (κ2) is 27.6. The van der Waals surface area contributed by atoms with Crippen molar-refractivity contribution < 1.29 is 25.9 Å². The Morgan fingerprint density at radius 2 is 0.741 bits per heavy atom. The molecule has 0 fully saturated rings. The Labute approximate surface area is 339 Å². The average Bonchev–Trinajstić information content (AvgIpc) is 3.13. The van der Waals surface area contributed by atoms with E-state index in [1.165, 1.54) is 179 Å². The maximum atomic E-state index is 12.5. The van der Waals surface area contributed by atoms with E-state index >= 15 is 0 Å². The van der Waals surface area contributed by atoms with Crippen LogP contribution in [0.2, 0.25) is 0 Å². The predicted molar refractivity (Wildman–Crippen MR) is 229 cm³/mol. The lowest BCUT2D eigenvalue weighted by Crippen LogP contribution is -2.14. The minimum atomic E-state index is -4.93. The van der Waals surface area contributed by atoms with Crippen molar-refractivity contribution in [2.45, 2.75) is 235 Å². The van der Waals surface area contributed by atoms with Gasteiger partial charge < -0.3 is 0 Å². The minimum Gasteiger partial charge on any atom is -0.282 e. The van der Waals surface area contributed by atoms with E-state index in [-0.39, 0.29) is 10.5 Å². The highest BCUT2D eigenvalue weighted by Gasteiger charge is 2.35. The minimum absolute atomic E-state index is 0.137. The van der Waals surface area contributed by atoms with Gasteiger partial charge in [0.1, 0.15) is 9.79 Å². The molecule has 1 aliphatic heterocycles. The lowest BCUT2D eigenvalue weighted by Gasteiger charge is -2.23. The van der Waals surface area contributed by atoms with Crippen molar-refractivity contribution in [1.29, 1.82) is 0 Å². The highest BCUT2D eigenvalue weighted by Crippen LogP contribution is 2.52. The molecule has 0 radical (unpaired) electrons. The second-order valence-corrected chi connectivity index (χ2v) is 20.5. The maximum absolute atomic E-state index is 12.5. The van der Waals surface area contributed by atoms with E-state index < -0.39 is 30.0 Å². The molecule has 3 rings (SSSR count). The smallest absolute Gasteiger partial charge is 0.282 e. The number of hydrogen-bond acceptors (Lipinski definition) is 6. The third-order valence-electron chi connectivity index (χ3n) is 10.8. The summed E-state index contributed by atoms with van der Waals surface area (Å²) in [5.74, 6) is 0. The lowest BCUT2D eigenvalue weighted by molar-refractivity contribution is 0.461. The Kier molecular flexibility index (Phi) is 24.2. The molecule has 0 saturated carbocycles. The van der Waals surface area contributed by atoms with Crippen molar-refractivity contribution in [3.05, 3.63) is 35.9 Å². The van der Waals surface area contributed by atoms with Crippen LogP contribution in [0.3, 0.4) is 0 Å². The van der Waals surface area contributed by atoms with Gasteiger partial charge in [-0.2, -0.15) is 16.8 Å². The monoisotopic (exact) mass is 824 g/mol. The summed E-state index contributed by atoms with van der Waals surface area (Å²) in [5, 5.41) is 0. The average molecular weight is 825 g/mol. The first-order valence-electron chi connectivity index (χ1n) is 21.7. The Hall–Kier alpha value is -1.04. The van der Waals surface area contributed by atoms with E-state index in [4.69, 9.17) is 0 Å². The highest BCUT2D eigenvalue weighted by atomic mass is 32.2. The number of rotatable bonds is 33. The van der Waals surface area contributed by atoms with E-state index in [1.807, 2.05) is 24.3 Å². The molecule has 0 atom stereocenters. The van der Waals surface area contributed by atoms with Crippen molar-refractivity contribution in [3.8, 4) is 0 Å². The summed E-state index contributed by atoms with van der Waals surface area (Å²) in [6.45, 7) is 2.29. The molecular formula is C44H72O6S4. The quantitative estimate of drug-likeness (QED) is 0.0462. The highest BCUT2D eigenvalue weighted by molar-refractivity contribution is 8.05. The summed E-state index contributed by atoms with van der Waals surface area (Å²) in [6, 6.07) is 9.10. The topological polar surface area (TPSA) is 109 Å². The summed E-state index contributed by atoms with van der Waals surface area (Å²) in [4.78, 5) is 0.997. The molecule has 0 amide bonds. The van der Waals surface area contributed by atoms with Crippen LogP contribution in [-0.2, 0) is 26.7 Å². The number of unbranched alkanes of at least 4 members (excludes halogenated alkanes) is 29. The van der Waals surface area contributed by atoms with Crippen LogP contribution < -0.4 is 0 Å². The van der Waals surface area contributed by atoms with Gasteiger partial charge in [0.2, 0.25) is 0 Å². The number of hydrogen-bond donors (Lipinski definition) is 2. The SMILES string of the molecule is CCCCCCCCCCCCCCCCCCCCCCCCCCCCCCCCc1cc2c(c(S(=O)(=O)O)c1S(=O)(=O)O)Sc1ccccc1S2. The molecule has 0 spiro atoms. The van der Waals surface area contributed by atoms with E-state index in [2.05, 4.69) is 6.92 Å². The van der Waals surface area contributed by atoms with Crippen LogP contribution in [0.4, 0.5) is 0 Å². The summed E-state index contributed by atoms with van der Waals surface area (Å²) in [7, 11) is -9.83. The van der Waals surface area contributed by atoms with Crippen LogP contribution >= 0.6 is 23.5 Å². The van der Waals surface area contributed by atoms with Gasteiger partial charge in [-0.1, -0.05) is 229 Å². The molecule has 0 saturated heterocycles. The fourth-order valence-electron chi connectivity index (χ4n) is 7.71. The van der Waals surface area contributed by atoms with Crippen LogP contribution in [0, 0.1) is 0 Å². The maximum Gasteiger partial charge on any atom is 0.297 e. The predicted octanol–water partition coefficient (Wildman–Crippen LogP) is 15.1. The van der Waals surface area contributed by atoms with Crippen molar-refractivity contribution in [2.24, 2.45) is 0 Å². The zero-order chi connectivity index (χ0) is 38.9. The molecule has 0 aromatic heterocycles. The Balaban J connectivity index is 1.14. The molecule has 10 heteroatoms. The van der Waals surface area contributed by atoms with Crippen LogP contribution in [0.15, 0.2) is 59.7 Å². The van der Waals surface area contributed by atoms with Crippen molar-refractivity contribution in [2.75, 3.05) is 0 Å². The molecule has 0 unspecified atom stereocenters. The lowest BCUT2D eigenvalue weighted by atomic mass is 10.0. The van der Waals surface area contributed by atoms with Gasteiger partial charge in [-0.05, 0) is 36.6 Å². The molecule has 1 heterocycles. The first kappa shape index (κ1) is 47.3. The molecule has 1 aliphatic rings. The number of benzene rings is 2. The summed E-state index contributed by atoms with van der Waals surface area (Å²) < 4.78 is 70.2. The molecule has 2 aromatic rings. The standard InChI is InChI=1S/C44H72O6S4/c1-2-3-4-5-6-7-8-9-10-11-12-13-14-15-16-17-18-19-20-21-22-23-24-25-26-27-28-29-30-31-34-38-37-41-42(52-40-36-33-32-35-39(40)51-41)44(54(48,49)50)43(38)53(45,46)47/h32-33,35-37H,2-31,34H2,1H3,(H,45,46,47)(H,48,49,50). The van der Waals surface area contributed by atoms with E-state index in [1.54, 1.807) is 6.07 Å². The molecule has 308 valence electrons. The molecule has 6 nitrogen and oxygen atoms in total. The second-order valence-electron chi connectivity index (χ2n) is 15.6.